The van der Waals surface area contributed by atoms with Crippen LogP contribution >= 0.6 is 0 Å². The van der Waals surface area contributed by atoms with E-state index >= 15 is 0 Å². The van der Waals surface area contributed by atoms with Crippen molar-refractivity contribution in [3.8, 4) is 0 Å². The fourth-order valence-electron chi connectivity index (χ4n) is 3.32. The Labute approximate surface area is 153 Å². The summed E-state index contributed by atoms with van der Waals surface area (Å²) in [4.78, 5) is 20.9. The minimum absolute atomic E-state index is 0.0114. The minimum Gasteiger partial charge on any atom is -0.340 e. The highest BCUT2D eigenvalue weighted by atomic mass is 16.5. The summed E-state index contributed by atoms with van der Waals surface area (Å²) in [5.74, 6) is 1.30. The smallest absolute Gasteiger partial charge is 0.317 e. The predicted octanol–water partition coefficient (Wildman–Crippen LogP) is 1.61. The molecule has 9 heteroatoms. The van der Waals surface area contributed by atoms with Gasteiger partial charge in [-0.2, -0.15) is 10.1 Å². The molecule has 0 spiro atoms. The number of carbonyl (C=O) groups is 1. The fraction of sp³-hybridized carbons (Fsp3) is 0.647. The van der Waals surface area contributed by atoms with Gasteiger partial charge >= 0.3 is 6.03 Å². The van der Waals surface area contributed by atoms with E-state index in [0.29, 0.717) is 30.8 Å². The van der Waals surface area contributed by atoms with Crippen LogP contribution in [0.15, 0.2) is 10.7 Å². The lowest BCUT2D eigenvalue weighted by Crippen LogP contribution is -2.41. The molecule has 0 aromatic carbocycles. The Kier molecular flexibility index (Phi) is 5.87. The highest BCUT2D eigenvalue weighted by molar-refractivity contribution is 5.74. The standard InChI is InChI=1S/C17H27N7O2/c1-12-14(10-19-21-12)9-18-17(25)24-7-4-5-15(6-8-24)23(3)11-16-20-13(2)26-22-16/h10,15H,4-9,11H2,1-3H3,(H,18,25)(H,19,21)/t15-/m0/s1. The summed E-state index contributed by atoms with van der Waals surface area (Å²) in [6, 6.07) is 0.394. The molecule has 2 aromatic heterocycles. The SMILES string of the molecule is Cc1nc(CN(C)[C@H]2CCCN(C(=O)NCc3cn[nH]c3C)CC2)no1. The number of nitrogens with one attached hydrogen (secondary N) is 2. The van der Waals surface area contributed by atoms with E-state index in [1.807, 2.05) is 11.8 Å². The molecule has 26 heavy (non-hydrogen) atoms. The molecule has 0 bridgehead atoms. The molecular weight excluding hydrogens is 334 g/mol. The number of hydrogen-bond donors (Lipinski definition) is 2. The molecule has 3 heterocycles. The Balaban J connectivity index is 1.47. The molecule has 0 radical (unpaired) electrons. The average Bonchev–Trinajstić information content (AvgIpc) is 3.12. The van der Waals surface area contributed by atoms with Gasteiger partial charge in [-0.15, -0.1) is 0 Å². The molecule has 2 N–H and O–H groups in total. The van der Waals surface area contributed by atoms with Crippen molar-refractivity contribution >= 4 is 6.03 Å². The molecule has 2 amide bonds. The second-order valence-electron chi connectivity index (χ2n) is 6.90. The summed E-state index contributed by atoms with van der Waals surface area (Å²) in [6.45, 7) is 6.43. The lowest BCUT2D eigenvalue weighted by atomic mass is 10.1. The number of H-pyrrole nitrogens is 1. The van der Waals surface area contributed by atoms with Crippen LogP contribution < -0.4 is 5.32 Å². The predicted molar refractivity (Wildman–Crippen MR) is 95.3 cm³/mol. The van der Waals surface area contributed by atoms with Crippen LogP contribution in [0.25, 0.3) is 0 Å². The maximum Gasteiger partial charge on any atom is 0.317 e. The first-order valence-corrected chi connectivity index (χ1v) is 9.04. The van der Waals surface area contributed by atoms with Gasteiger partial charge in [0.05, 0.1) is 12.7 Å². The summed E-state index contributed by atoms with van der Waals surface area (Å²) in [5, 5.41) is 13.8. The number of carbonyl (C=O) groups excluding carboxylic acids is 1. The quantitative estimate of drug-likeness (QED) is 0.838. The molecular formula is C17H27N7O2. The number of aryl methyl sites for hydroxylation is 2. The number of likely N-dealkylation sites (tertiary alicyclic amines) is 1. The molecule has 0 saturated carbocycles. The van der Waals surface area contributed by atoms with Crippen molar-refractivity contribution in [2.75, 3.05) is 20.1 Å². The first-order valence-electron chi connectivity index (χ1n) is 9.04. The van der Waals surface area contributed by atoms with Gasteiger partial charge in [0.25, 0.3) is 0 Å². The molecule has 2 aromatic rings. The largest absolute Gasteiger partial charge is 0.340 e. The van der Waals surface area contributed by atoms with Crippen molar-refractivity contribution in [1.29, 1.82) is 0 Å². The van der Waals surface area contributed by atoms with Gasteiger partial charge in [-0.05, 0) is 33.2 Å². The number of rotatable bonds is 5. The average molecular weight is 361 g/mol. The normalized spacial score (nSPS) is 18.2. The summed E-state index contributed by atoms with van der Waals surface area (Å²) < 4.78 is 5.04. The molecule has 142 valence electrons. The summed E-state index contributed by atoms with van der Waals surface area (Å²) in [6.07, 6.45) is 4.73. The lowest BCUT2D eigenvalue weighted by Gasteiger charge is -2.26. The van der Waals surface area contributed by atoms with Crippen LogP contribution in [-0.4, -0.2) is 62.3 Å². The van der Waals surface area contributed by atoms with E-state index in [1.165, 1.54) is 0 Å². The highest BCUT2D eigenvalue weighted by Gasteiger charge is 2.24. The van der Waals surface area contributed by atoms with Crippen LogP contribution in [0.2, 0.25) is 0 Å². The number of aromatic nitrogens is 4. The summed E-state index contributed by atoms with van der Waals surface area (Å²) >= 11 is 0. The minimum atomic E-state index is -0.0114. The van der Waals surface area contributed by atoms with Gasteiger partial charge in [-0.25, -0.2) is 4.79 Å². The third-order valence-corrected chi connectivity index (χ3v) is 4.93. The van der Waals surface area contributed by atoms with E-state index < -0.39 is 0 Å². The third-order valence-electron chi connectivity index (χ3n) is 4.93. The molecule has 1 aliphatic heterocycles. The molecule has 1 fully saturated rings. The second-order valence-corrected chi connectivity index (χ2v) is 6.90. The molecule has 9 nitrogen and oxygen atoms in total. The van der Waals surface area contributed by atoms with E-state index in [1.54, 1.807) is 13.1 Å². The fourth-order valence-corrected chi connectivity index (χ4v) is 3.32. The Bertz CT molecular complexity index is 726. The van der Waals surface area contributed by atoms with E-state index in [9.17, 15) is 4.79 Å². The van der Waals surface area contributed by atoms with Crippen molar-refractivity contribution in [3.63, 3.8) is 0 Å². The zero-order valence-electron chi connectivity index (χ0n) is 15.7. The topological polar surface area (TPSA) is 103 Å². The second kappa shape index (κ2) is 8.31. The Morgan fingerprint density at radius 3 is 2.96 bits per heavy atom. The van der Waals surface area contributed by atoms with Crippen LogP contribution in [0.4, 0.5) is 4.79 Å². The van der Waals surface area contributed by atoms with Gasteiger partial charge in [-0.3, -0.25) is 10.00 Å². The number of urea groups is 1. The molecule has 3 rings (SSSR count). The Hall–Kier alpha value is -2.42. The van der Waals surface area contributed by atoms with Gasteiger partial charge in [0, 0.05) is 43.9 Å². The number of aromatic amines is 1. The van der Waals surface area contributed by atoms with E-state index in [2.05, 4.69) is 37.6 Å². The van der Waals surface area contributed by atoms with Crippen LogP contribution in [-0.2, 0) is 13.1 Å². The summed E-state index contributed by atoms with van der Waals surface area (Å²) in [5.41, 5.74) is 2.00. The maximum atomic E-state index is 12.5. The van der Waals surface area contributed by atoms with Crippen molar-refractivity contribution in [3.05, 3.63) is 29.2 Å². The van der Waals surface area contributed by atoms with Crippen LogP contribution in [0.5, 0.6) is 0 Å². The molecule has 1 atom stereocenters. The van der Waals surface area contributed by atoms with E-state index in [-0.39, 0.29) is 6.03 Å². The van der Waals surface area contributed by atoms with Crippen LogP contribution in [0, 0.1) is 13.8 Å². The first-order chi connectivity index (χ1) is 12.5. The zero-order chi connectivity index (χ0) is 18.5. The maximum absolute atomic E-state index is 12.5. The van der Waals surface area contributed by atoms with Crippen LogP contribution in [0.1, 0.15) is 42.2 Å². The zero-order valence-corrected chi connectivity index (χ0v) is 15.7. The first kappa shape index (κ1) is 18.4. The molecule has 0 aliphatic carbocycles. The highest BCUT2D eigenvalue weighted by Crippen LogP contribution is 2.17. The van der Waals surface area contributed by atoms with E-state index in [4.69, 9.17) is 4.52 Å². The van der Waals surface area contributed by atoms with Crippen molar-refractivity contribution in [2.24, 2.45) is 0 Å². The number of hydrogen-bond acceptors (Lipinski definition) is 6. The lowest BCUT2D eigenvalue weighted by molar-refractivity contribution is 0.189. The Morgan fingerprint density at radius 2 is 2.27 bits per heavy atom. The van der Waals surface area contributed by atoms with E-state index in [0.717, 1.165) is 43.6 Å². The number of amides is 2. The third kappa shape index (κ3) is 4.60. The van der Waals surface area contributed by atoms with Gasteiger partial charge in [-0.1, -0.05) is 5.16 Å². The van der Waals surface area contributed by atoms with Crippen molar-refractivity contribution in [2.45, 2.75) is 52.2 Å². The van der Waals surface area contributed by atoms with Crippen molar-refractivity contribution < 1.29 is 9.32 Å². The number of nitrogens with zero attached hydrogens (tertiary/aromatic N) is 5. The van der Waals surface area contributed by atoms with Gasteiger partial charge in [0.1, 0.15) is 0 Å². The van der Waals surface area contributed by atoms with Gasteiger partial charge in [0.15, 0.2) is 5.82 Å². The Morgan fingerprint density at radius 1 is 1.42 bits per heavy atom. The van der Waals surface area contributed by atoms with Crippen molar-refractivity contribution in [1.82, 2.24) is 35.5 Å². The van der Waals surface area contributed by atoms with Crippen LogP contribution in [0.3, 0.4) is 0 Å². The van der Waals surface area contributed by atoms with Gasteiger partial charge < -0.3 is 14.7 Å². The molecule has 1 aliphatic rings. The monoisotopic (exact) mass is 361 g/mol. The summed E-state index contributed by atoms with van der Waals surface area (Å²) in [7, 11) is 2.08. The molecule has 0 unspecified atom stereocenters. The van der Waals surface area contributed by atoms with Gasteiger partial charge in [0.2, 0.25) is 5.89 Å². The molecule has 1 saturated heterocycles.